The van der Waals surface area contributed by atoms with Crippen LogP contribution in [0, 0.1) is 6.92 Å². The second-order valence-corrected chi connectivity index (χ2v) is 6.38. The fraction of sp³-hybridized carbons (Fsp3) is 0.467. The lowest BCUT2D eigenvalue weighted by atomic mass is 10.2. The molecule has 1 aliphatic heterocycles. The van der Waals surface area contributed by atoms with E-state index in [1.807, 2.05) is 0 Å². The number of aryl methyl sites for hydroxylation is 1. The molecule has 0 bridgehead atoms. The highest BCUT2D eigenvalue weighted by atomic mass is 32.2. The summed E-state index contributed by atoms with van der Waals surface area (Å²) < 4.78 is 0. The Balaban J connectivity index is 1.60. The Morgan fingerprint density at radius 3 is 2.86 bits per heavy atom. The first-order valence-electron chi connectivity index (χ1n) is 7.20. The average Bonchev–Trinajstić information content (AvgIpc) is 2.45. The van der Waals surface area contributed by atoms with Crippen molar-refractivity contribution in [2.24, 2.45) is 0 Å². The smallest absolute Gasteiger partial charge is 0.275 e. The molecule has 2 amide bonds. The van der Waals surface area contributed by atoms with Crippen LogP contribution >= 0.6 is 11.8 Å². The van der Waals surface area contributed by atoms with Gasteiger partial charge in [0.2, 0.25) is 0 Å². The minimum Gasteiger partial charge on any atom is -0.350 e. The molecule has 3 N–H and O–H groups in total. The lowest BCUT2D eigenvalue weighted by Crippen LogP contribution is -3.16. The summed E-state index contributed by atoms with van der Waals surface area (Å²) in [4.78, 5) is 25.3. The molecule has 1 fully saturated rings. The number of hydrogen-bond acceptors (Lipinski definition) is 3. The number of amides is 2. The van der Waals surface area contributed by atoms with Crippen LogP contribution in [0.5, 0.6) is 0 Å². The largest absolute Gasteiger partial charge is 0.350 e. The van der Waals surface area contributed by atoms with Crippen LogP contribution in [-0.4, -0.2) is 50.3 Å². The van der Waals surface area contributed by atoms with Crippen molar-refractivity contribution >= 4 is 23.6 Å². The highest BCUT2D eigenvalue weighted by molar-refractivity contribution is 7.99. The summed E-state index contributed by atoms with van der Waals surface area (Å²) in [5.41, 5.74) is 1.25. The number of carbonyl (C=O) groups is 2. The van der Waals surface area contributed by atoms with Crippen molar-refractivity contribution in [1.29, 1.82) is 0 Å². The van der Waals surface area contributed by atoms with Crippen LogP contribution in [0.1, 0.15) is 5.56 Å². The molecule has 1 aromatic rings. The van der Waals surface area contributed by atoms with Gasteiger partial charge < -0.3 is 15.5 Å². The van der Waals surface area contributed by atoms with E-state index >= 15 is 0 Å². The lowest BCUT2D eigenvalue weighted by molar-refractivity contribution is -0.885. The maximum Gasteiger partial charge on any atom is 0.275 e. The van der Waals surface area contributed by atoms with Gasteiger partial charge in [0.05, 0.1) is 13.1 Å². The standard InChI is InChI=1S/C15H21N3O2S/c1-12-2-4-13(5-3-12)21-9-7-17-15(20)11-18-8-6-16-14(19)10-18/h2-5H,6-11H2,1H3,(H,16,19)(H,17,20)/p+1. The van der Waals surface area contributed by atoms with E-state index in [-0.39, 0.29) is 11.8 Å². The number of nitrogens with one attached hydrogen (secondary N) is 3. The van der Waals surface area contributed by atoms with Crippen molar-refractivity contribution in [3.05, 3.63) is 29.8 Å². The molecule has 1 aliphatic rings. The molecule has 2 rings (SSSR count). The Morgan fingerprint density at radius 1 is 1.38 bits per heavy atom. The van der Waals surface area contributed by atoms with E-state index in [1.165, 1.54) is 10.5 Å². The van der Waals surface area contributed by atoms with E-state index in [9.17, 15) is 9.59 Å². The Labute approximate surface area is 129 Å². The Hall–Kier alpha value is -1.53. The van der Waals surface area contributed by atoms with Gasteiger partial charge in [-0.25, -0.2) is 0 Å². The third-order valence-corrected chi connectivity index (χ3v) is 4.35. The SMILES string of the molecule is Cc1ccc(SCCNC(=O)C[NH+]2CCNC(=O)C2)cc1. The van der Waals surface area contributed by atoms with Gasteiger partial charge in [0.25, 0.3) is 11.8 Å². The molecule has 1 aromatic carbocycles. The van der Waals surface area contributed by atoms with Crippen molar-refractivity contribution in [2.45, 2.75) is 11.8 Å². The van der Waals surface area contributed by atoms with Crippen LogP contribution in [0.4, 0.5) is 0 Å². The number of carbonyl (C=O) groups excluding carboxylic acids is 2. The number of piperazine rings is 1. The summed E-state index contributed by atoms with van der Waals surface area (Å²) in [6, 6.07) is 8.37. The van der Waals surface area contributed by atoms with Crippen molar-refractivity contribution in [2.75, 3.05) is 38.5 Å². The first kappa shape index (κ1) is 15.9. The number of thioether (sulfide) groups is 1. The van der Waals surface area contributed by atoms with Gasteiger partial charge in [-0.2, -0.15) is 0 Å². The number of benzene rings is 1. The van der Waals surface area contributed by atoms with Gasteiger partial charge in [-0.3, -0.25) is 9.59 Å². The van der Waals surface area contributed by atoms with Gasteiger partial charge in [-0.1, -0.05) is 17.7 Å². The normalized spacial score (nSPS) is 18.1. The second-order valence-electron chi connectivity index (χ2n) is 5.21. The monoisotopic (exact) mass is 308 g/mol. The molecular weight excluding hydrogens is 286 g/mol. The fourth-order valence-corrected chi connectivity index (χ4v) is 2.96. The zero-order valence-electron chi connectivity index (χ0n) is 12.3. The number of quaternary nitrogens is 1. The van der Waals surface area contributed by atoms with E-state index in [4.69, 9.17) is 0 Å². The van der Waals surface area contributed by atoms with E-state index < -0.39 is 0 Å². The van der Waals surface area contributed by atoms with Gasteiger partial charge in [-0.05, 0) is 19.1 Å². The summed E-state index contributed by atoms with van der Waals surface area (Å²) in [6.07, 6.45) is 0. The van der Waals surface area contributed by atoms with Gasteiger partial charge >= 0.3 is 0 Å². The number of rotatable bonds is 6. The minimum absolute atomic E-state index is 0.0178. The summed E-state index contributed by atoms with van der Waals surface area (Å²) in [6.45, 7) is 4.96. The van der Waals surface area contributed by atoms with E-state index in [0.29, 0.717) is 26.2 Å². The van der Waals surface area contributed by atoms with Crippen LogP contribution in [0.15, 0.2) is 29.2 Å². The quantitative estimate of drug-likeness (QED) is 0.477. The highest BCUT2D eigenvalue weighted by Gasteiger charge is 2.21. The van der Waals surface area contributed by atoms with Gasteiger partial charge in [0.1, 0.15) is 0 Å². The first-order chi connectivity index (χ1) is 10.1. The van der Waals surface area contributed by atoms with Crippen LogP contribution in [0.25, 0.3) is 0 Å². The Kier molecular flexibility index (Phi) is 6.07. The molecule has 0 aromatic heterocycles. The molecule has 6 heteroatoms. The second kappa shape index (κ2) is 8.05. The highest BCUT2D eigenvalue weighted by Crippen LogP contribution is 2.17. The van der Waals surface area contributed by atoms with Crippen molar-refractivity contribution < 1.29 is 14.5 Å². The zero-order chi connectivity index (χ0) is 15.1. The van der Waals surface area contributed by atoms with E-state index in [2.05, 4.69) is 41.8 Å². The van der Waals surface area contributed by atoms with Gasteiger partial charge in [-0.15, -0.1) is 11.8 Å². The van der Waals surface area contributed by atoms with Crippen LogP contribution < -0.4 is 15.5 Å². The molecule has 0 saturated carbocycles. The predicted octanol–water partition coefficient (Wildman–Crippen LogP) is -0.782. The maximum absolute atomic E-state index is 11.8. The molecule has 0 radical (unpaired) electrons. The van der Waals surface area contributed by atoms with Gasteiger partial charge in [0, 0.05) is 17.2 Å². The third kappa shape index (κ3) is 5.77. The predicted molar refractivity (Wildman–Crippen MR) is 83.5 cm³/mol. The van der Waals surface area contributed by atoms with Crippen LogP contribution in [0.3, 0.4) is 0 Å². The Morgan fingerprint density at radius 2 is 2.14 bits per heavy atom. The molecule has 21 heavy (non-hydrogen) atoms. The topological polar surface area (TPSA) is 62.6 Å². The van der Waals surface area contributed by atoms with Gasteiger partial charge in [0.15, 0.2) is 13.1 Å². The average molecular weight is 308 g/mol. The van der Waals surface area contributed by atoms with Crippen LogP contribution in [-0.2, 0) is 9.59 Å². The summed E-state index contributed by atoms with van der Waals surface area (Å²) in [7, 11) is 0. The molecule has 1 saturated heterocycles. The Bertz CT molecular complexity index is 490. The third-order valence-electron chi connectivity index (χ3n) is 3.34. The molecule has 1 atom stereocenters. The van der Waals surface area contributed by atoms with E-state index in [0.717, 1.165) is 17.2 Å². The van der Waals surface area contributed by atoms with Crippen LogP contribution in [0.2, 0.25) is 0 Å². The lowest BCUT2D eigenvalue weighted by Gasteiger charge is -2.22. The maximum atomic E-state index is 11.8. The molecule has 0 spiro atoms. The summed E-state index contributed by atoms with van der Waals surface area (Å²) in [5, 5.41) is 5.68. The summed E-state index contributed by atoms with van der Waals surface area (Å²) in [5.74, 6) is 0.896. The minimum atomic E-state index is 0.0178. The number of hydrogen-bond donors (Lipinski definition) is 3. The fourth-order valence-electron chi connectivity index (χ4n) is 2.19. The molecular formula is C15H22N3O2S+. The first-order valence-corrected chi connectivity index (χ1v) is 8.18. The molecule has 1 heterocycles. The molecule has 0 aliphatic carbocycles. The van der Waals surface area contributed by atoms with Crippen molar-refractivity contribution in [3.8, 4) is 0 Å². The zero-order valence-corrected chi connectivity index (χ0v) is 13.1. The summed E-state index contributed by atoms with van der Waals surface area (Å²) >= 11 is 1.73. The van der Waals surface area contributed by atoms with Crippen molar-refractivity contribution in [3.63, 3.8) is 0 Å². The molecule has 5 nitrogen and oxygen atoms in total. The van der Waals surface area contributed by atoms with E-state index in [1.54, 1.807) is 11.8 Å². The molecule has 114 valence electrons. The van der Waals surface area contributed by atoms with Crippen molar-refractivity contribution in [1.82, 2.24) is 10.6 Å². The molecule has 1 unspecified atom stereocenters.